The first-order valence-electron chi connectivity index (χ1n) is 33.4. The molecule has 1 fully saturated rings. The number of ketones is 3. The monoisotopic (exact) mass is 1300 g/mol. The van der Waals surface area contributed by atoms with Crippen molar-refractivity contribution in [1.29, 1.82) is 0 Å². The number of aromatic nitrogens is 1. The molecule has 1 aromatic heterocycles. The van der Waals surface area contributed by atoms with Crippen LogP contribution in [-0.2, 0) is 59.2 Å². The molecule has 0 radical (unpaired) electrons. The zero-order chi connectivity index (χ0) is 70.1. The Morgan fingerprint density at radius 3 is 1.41 bits per heavy atom. The lowest BCUT2D eigenvalue weighted by molar-refractivity contribution is -0.157. The fraction of sp³-hybridized carbons (Fsp3) is 0.797. The molecule has 91 heavy (non-hydrogen) atoms. The Bertz CT molecular complexity index is 2640. The summed E-state index contributed by atoms with van der Waals surface area (Å²) in [7, 11) is 10.3. The van der Waals surface area contributed by atoms with Gasteiger partial charge < -0.3 is 44.7 Å². The second kappa shape index (κ2) is 36.7. The van der Waals surface area contributed by atoms with E-state index in [0.717, 1.165) is 10.7 Å². The third-order valence-corrected chi connectivity index (χ3v) is 19.4. The van der Waals surface area contributed by atoms with Crippen LogP contribution >= 0.6 is 11.3 Å². The van der Waals surface area contributed by atoms with Gasteiger partial charge in [-0.05, 0) is 114 Å². The first-order chi connectivity index (χ1) is 42.0. The maximum atomic E-state index is 15.4. The van der Waals surface area contributed by atoms with E-state index in [1.54, 1.807) is 41.5 Å². The highest BCUT2D eigenvalue weighted by Gasteiger charge is 2.46. The fourth-order valence-electron chi connectivity index (χ4n) is 12.5. The molecule has 2 rings (SSSR count). The minimum absolute atomic E-state index is 0.0709. The van der Waals surface area contributed by atoms with Gasteiger partial charge in [0.05, 0.1) is 28.9 Å². The molecular weight excluding hydrogens is 1180 g/mol. The van der Waals surface area contributed by atoms with Crippen LogP contribution in [0.2, 0.25) is 0 Å². The summed E-state index contributed by atoms with van der Waals surface area (Å²) in [6.07, 6.45) is 0.182. The van der Waals surface area contributed by atoms with Gasteiger partial charge in [0, 0.05) is 91.7 Å². The lowest BCUT2D eigenvalue weighted by Gasteiger charge is -2.41. The van der Waals surface area contributed by atoms with Gasteiger partial charge in [-0.25, -0.2) is 4.98 Å². The second-order valence-corrected chi connectivity index (χ2v) is 29.9. The molecule has 1 aliphatic heterocycles. The van der Waals surface area contributed by atoms with Gasteiger partial charge in [0.25, 0.3) is 0 Å². The zero-order valence-electron chi connectivity index (χ0n) is 60.2. The van der Waals surface area contributed by atoms with Gasteiger partial charge in [-0.3, -0.25) is 52.7 Å². The predicted octanol–water partition coefficient (Wildman–Crippen LogP) is 7.75. The van der Waals surface area contributed by atoms with Crippen molar-refractivity contribution < 1.29 is 57.8 Å². The topological polar surface area (TPSA) is 256 Å². The Labute approximate surface area is 550 Å². The van der Waals surface area contributed by atoms with E-state index >= 15 is 19.2 Å². The summed E-state index contributed by atoms with van der Waals surface area (Å²) < 4.78 is 0. The van der Waals surface area contributed by atoms with Gasteiger partial charge in [-0.15, -0.1) is 11.3 Å². The molecule has 22 heteroatoms. The number of carbonyl (C=O) groups excluding carboxylic acids is 11. The number of aliphatic hydroxyl groups is 1. The molecular formula is C69H119N9O12S. The highest BCUT2D eigenvalue weighted by Crippen LogP contribution is 2.30. The van der Waals surface area contributed by atoms with Gasteiger partial charge in [0.15, 0.2) is 17.3 Å². The van der Waals surface area contributed by atoms with Crippen LogP contribution in [0, 0.1) is 66.1 Å². The van der Waals surface area contributed by atoms with Crippen LogP contribution in [-0.4, -0.2) is 213 Å². The van der Waals surface area contributed by atoms with Crippen molar-refractivity contribution in [2.24, 2.45) is 59.2 Å². The van der Waals surface area contributed by atoms with E-state index in [1.807, 2.05) is 81.5 Å². The van der Waals surface area contributed by atoms with E-state index in [1.165, 1.54) is 102 Å². The number of aryl methyl sites for hydroxylation is 2. The molecule has 2 heterocycles. The number of hydrogen-bond donors (Lipinski definition) is 2. The molecule has 13 atom stereocenters. The van der Waals surface area contributed by atoms with E-state index in [4.69, 9.17) is 0 Å². The number of nitrogens with one attached hydrogen (secondary N) is 1. The number of likely N-dealkylation sites (N-methyl/N-ethyl adjacent to an activating group) is 7. The first-order valence-corrected chi connectivity index (χ1v) is 34.3. The normalized spacial score (nSPS) is 26.9. The van der Waals surface area contributed by atoms with Crippen LogP contribution in [0.15, 0.2) is 5.38 Å². The number of thiazole rings is 1. The highest BCUT2D eigenvalue weighted by molar-refractivity contribution is 7.09. The Morgan fingerprint density at radius 2 is 0.956 bits per heavy atom. The molecule has 8 amide bonds. The average molecular weight is 1300 g/mol. The molecule has 0 aromatic carbocycles. The minimum Gasteiger partial charge on any atom is -0.390 e. The van der Waals surface area contributed by atoms with E-state index < -0.39 is 155 Å². The number of Topliss-reactive ketones (excluding diaryl/α,β-unsaturated/α-hetero) is 3. The van der Waals surface area contributed by atoms with Crippen molar-refractivity contribution in [2.45, 2.75) is 250 Å². The summed E-state index contributed by atoms with van der Waals surface area (Å²) in [6, 6.07) is -9.32. The molecule has 0 spiro atoms. The van der Waals surface area contributed by atoms with Crippen molar-refractivity contribution >= 4 is 75.9 Å². The smallest absolute Gasteiger partial charge is 0.246 e. The molecule has 0 aliphatic carbocycles. The van der Waals surface area contributed by atoms with Crippen LogP contribution in [0.3, 0.4) is 0 Å². The van der Waals surface area contributed by atoms with Crippen LogP contribution in [0.25, 0.3) is 0 Å². The van der Waals surface area contributed by atoms with Gasteiger partial charge >= 0.3 is 0 Å². The first kappa shape index (κ1) is 81.5. The SMILES string of the molecule is CC[C@H]1CC(=O)[C@@H]([C@H](O)[C@H](C)CCCc2csc(C)n2)N(C)C(=O)[C@@H](C(C)C)N(C)C(=O)[C@@H](CC(C)C)N(C)C(=O)[C@@H](CC(C)C)N(C)C(=O)[C@H](C)NC(=O)[C@@H](C)CC(=O)[C@@H](CC(C)C)N(C)C(=O)[C@@H](C(C)C)CC(=O)[C@H](CC(C)C)N(C)C(=O)[C@@H](C)N(C)C1=O. The largest absolute Gasteiger partial charge is 0.390 e. The Hall–Kier alpha value is -5.64. The second-order valence-electron chi connectivity index (χ2n) is 28.9. The summed E-state index contributed by atoms with van der Waals surface area (Å²) in [5, 5.41) is 18.1. The van der Waals surface area contributed by atoms with Gasteiger partial charge in [-0.1, -0.05) is 104 Å². The lowest BCUT2D eigenvalue weighted by Crippen LogP contribution is -2.61. The van der Waals surface area contributed by atoms with Gasteiger partial charge in [0.2, 0.25) is 47.3 Å². The third-order valence-electron chi connectivity index (χ3n) is 18.6. The summed E-state index contributed by atoms with van der Waals surface area (Å²) in [5.41, 5.74) is 0.898. The van der Waals surface area contributed by atoms with Crippen LogP contribution in [0.4, 0.5) is 0 Å². The van der Waals surface area contributed by atoms with Crippen molar-refractivity contribution in [2.75, 3.05) is 49.3 Å². The zero-order valence-corrected chi connectivity index (χ0v) is 61.1. The fourth-order valence-corrected chi connectivity index (χ4v) is 13.2. The summed E-state index contributed by atoms with van der Waals surface area (Å²) >= 11 is 1.53. The summed E-state index contributed by atoms with van der Waals surface area (Å²) in [4.78, 5) is 177. The van der Waals surface area contributed by atoms with Crippen molar-refractivity contribution in [1.82, 2.24) is 44.6 Å². The van der Waals surface area contributed by atoms with E-state index in [0.29, 0.717) is 19.3 Å². The summed E-state index contributed by atoms with van der Waals surface area (Å²) in [6.45, 7) is 32.4. The number of amides is 8. The van der Waals surface area contributed by atoms with E-state index in [-0.39, 0.29) is 74.4 Å². The number of carbonyl (C=O) groups is 11. The quantitative estimate of drug-likeness (QED) is 0.151. The number of rotatable bonds is 17. The van der Waals surface area contributed by atoms with Crippen molar-refractivity contribution in [3.63, 3.8) is 0 Å². The van der Waals surface area contributed by atoms with Crippen LogP contribution in [0.1, 0.15) is 193 Å². The average Bonchev–Trinajstić information content (AvgIpc) is 1.24. The van der Waals surface area contributed by atoms with Crippen molar-refractivity contribution in [3.05, 3.63) is 16.1 Å². The molecule has 0 saturated carbocycles. The standard InChI is InChI=1S/C69H119N9O12S/c1-26-49-35-58(81)60(61(82)44(14)28-27-29-50-37-91-48(18)71-50)78(25)69(90)59(43(12)13)77(24)68(89)55(33-41(8)9)76(23)67(88)54(32-40(6)7)75(22)63(84)46(16)70-62(83)45(15)34-56(79)52(30-38(2)3)74(21)66(87)51(42(10)11)36-57(80)53(31-39(4)5)73(20)64(85)47(17)72(19)65(49)86/h37-47,49,51-55,59-61,82H,26-36H2,1-25H3,(H,70,83)/t44-,45+,46+,47-,49+,51-,52-,53+,54-,55-,59-,60+,61-/m1/s1. The molecule has 518 valence electrons. The van der Waals surface area contributed by atoms with Crippen LogP contribution < -0.4 is 5.32 Å². The molecule has 0 bridgehead atoms. The van der Waals surface area contributed by atoms with Gasteiger partial charge in [0.1, 0.15) is 36.3 Å². The Morgan fingerprint density at radius 1 is 0.516 bits per heavy atom. The lowest BCUT2D eigenvalue weighted by atomic mass is 9.84. The Balaban J connectivity index is 3.00. The minimum atomic E-state index is -1.51. The third kappa shape index (κ3) is 22.5. The molecule has 21 nitrogen and oxygen atoms in total. The number of nitrogens with zero attached hydrogens (tertiary/aromatic N) is 8. The van der Waals surface area contributed by atoms with Gasteiger partial charge in [-0.2, -0.15) is 0 Å². The number of hydrogen-bond acceptors (Lipinski definition) is 14. The number of aliphatic hydroxyl groups excluding tert-OH is 1. The Kier molecular flexibility index (Phi) is 32.9. The molecule has 1 aliphatic rings. The molecule has 1 saturated heterocycles. The molecule has 0 unspecified atom stereocenters. The van der Waals surface area contributed by atoms with Crippen LogP contribution in [0.5, 0.6) is 0 Å². The predicted molar refractivity (Wildman–Crippen MR) is 357 cm³/mol. The van der Waals surface area contributed by atoms with E-state index in [2.05, 4.69) is 10.3 Å². The molecule has 2 N–H and O–H groups in total. The maximum Gasteiger partial charge on any atom is 0.246 e. The van der Waals surface area contributed by atoms with Crippen molar-refractivity contribution in [3.8, 4) is 0 Å². The molecule has 1 aromatic rings. The highest BCUT2D eigenvalue weighted by atomic mass is 32.1. The summed E-state index contributed by atoms with van der Waals surface area (Å²) in [5.74, 6) is -10.9. The maximum absolute atomic E-state index is 15.4. The van der Waals surface area contributed by atoms with E-state index in [9.17, 15) is 38.7 Å².